The van der Waals surface area contributed by atoms with Crippen LogP contribution in [0.5, 0.6) is 5.75 Å². The first kappa shape index (κ1) is 28.9. The second kappa shape index (κ2) is 12.7. The third-order valence-corrected chi connectivity index (χ3v) is 6.13. The molecule has 0 aliphatic rings. The lowest BCUT2D eigenvalue weighted by molar-refractivity contribution is -0.119. The van der Waals surface area contributed by atoms with Crippen molar-refractivity contribution in [2.45, 2.75) is 19.4 Å². The maximum atomic E-state index is 13.5. The minimum atomic E-state index is -1.10. The van der Waals surface area contributed by atoms with Gasteiger partial charge in [-0.1, -0.05) is 11.6 Å². The average molecular weight is 551 g/mol. The van der Waals surface area contributed by atoms with Crippen molar-refractivity contribution in [3.05, 3.63) is 93.0 Å². The van der Waals surface area contributed by atoms with Crippen molar-refractivity contribution >= 4 is 41.2 Å². The maximum absolute atomic E-state index is 13.5. The van der Waals surface area contributed by atoms with E-state index in [-0.39, 0.29) is 23.5 Å². The van der Waals surface area contributed by atoms with E-state index in [0.29, 0.717) is 33.0 Å². The molecule has 2 aromatic carbocycles. The van der Waals surface area contributed by atoms with Gasteiger partial charge in [0.2, 0.25) is 5.91 Å². The van der Waals surface area contributed by atoms with Crippen LogP contribution in [0.4, 0.5) is 5.69 Å². The Balaban J connectivity index is 2.13. The summed E-state index contributed by atoms with van der Waals surface area (Å²) in [5.74, 6) is -1.67. The maximum Gasteiger partial charge on any atom is 0.335 e. The number of carbonyl (C=O) groups is 3. The lowest BCUT2D eigenvalue weighted by Crippen LogP contribution is -2.33. The number of ketones is 1. The number of amides is 1. The zero-order valence-electron chi connectivity index (χ0n) is 21.5. The van der Waals surface area contributed by atoms with Crippen LogP contribution in [0, 0.1) is 0 Å². The lowest BCUT2D eigenvalue weighted by Gasteiger charge is -2.22. The van der Waals surface area contributed by atoms with E-state index in [1.807, 2.05) is 0 Å². The second-order valence-corrected chi connectivity index (χ2v) is 8.90. The predicted molar refractivity (Wildman–Crippen MR) is 150 cm³/mol. The molecule has 39 heavy (non-hydrogen) atoms. The molecule has 1 amide bonds. The number of nitrogens with one attached hydrogen (secondary N) is 1. The van der Waals surface area contributed by atoms with E-state index in [9.17, 15) is 19.2 Å². The Kier molecular flexibility index (Phi) is 9.40. The van der Waals surface area contributed by atoms with Gasteiger partial charge in [0, 0.05) is 47.6 Å². The Labute approximate surface area is 229 Å². The number of hydrogen-bond donors (Lipinski definition) is 3. The number of Topliss-reactive ketones (excluding diaryl/α,β-unsaturated/α-hetero) is 1. The number of carboxylic acids is 1. The van der Waals surface area contributed by atoms with Gasteiger partial charge in [-0.15, -0.1) is 0 Å². The van der Waals surface area contributed by atoms with E-state index >= 15 is 0 Å². The van der Waals surface area contributed by atoms with Crippen LogP contribution in [0.25, 0.3) is 11.1 Å². The van der Waals surface area contributed by atoms with Gasteiger partial charge in [-0.3, -0.25) is 23.9 Å². The summed E-state index contributed by atoms with van der Waals surface area (Å²) in [7, 11) is 2.95. The summed E-state index contributed by atoms with van der Waals surface area (Å²) < 4.78 is 6.77. The van der Waals surface area contributed by atoms with E-state index in [4.69, 9.17) is 27.2 Å². The lowest BCUT2D eigenvalue weighted by atomic mass is 9.97. The van der Waals surface area contributed by atoms with Crippen LogP contribution >= 0.6 is 11.6 Å². The number of allylic oxidation sites excluding steroid dienone is 1. The third-order valence-electron chi connectivity index (χ3n) is 5.89. The zero-order valence-corrected chi connectivity index (χ0v) is 22.2. The number of methoxy groups -OCH3 is 1. The van der Waals surface area contributed by atoms with Crippen LogP contribution in [0.1, 0.15) is 40.1 Å². The number of benzene rings is 2. The van der Waals surface area contributed by atoms with Gasteiger partial charge in [0.1, 0.15) is 11.8 Å². The molecule has 1 atom stereocenters. The summed E-state index contributed by atoms with van der Waals surface area (Å²) in [5, 5.41) is 12.2. The SMILES string of the molecule is CN=CC(=CN)CC(C(=O)Nc1ccc(C(=O)O)cc1)n1cc(OC)c(-c2cc(Cl)ccc2C(C)=O)cc1=O. The largest absolute Gasteiger partial charge is 0.495 e. The highest BCUT2D eigenvalue weighted by atomic mass is 35.5. The second-order valence-electron chi connectivity index (χ2n) is 8.47. The van der Waals surface area contributed by atoms with Crippen molar-refractivity contribution in [3.8, 4) is 16.9 Å². The summed E-state index contributed by atoms with van der Waals surface area (Å²) in [5.41, 5.74) is 7.16. The number of aliphatic imine (C=N–C) groups is 1. The van der Waals surface area contributed by atoms with Gasteiger partial charge in [0.05, 0.1) is 18.9 Å². The topological polar surface area (TPSA) is 153 Å². The van der Waals surface area contributed by atoms with Gasteiger partial charge in [-0.25, -0.2) is 4.79 Å². The van der Waals surface area contributed by atoms with Crippen molar-refractivity contribution in [2.75, 3.05) is 19.5 Å². The van der Waals surface area contributed by atoms with Crippen molar-refractivity contribution in [1.29, 1.82) is 0 Å². The molecule has 1 unspecified atom stereocenters. The minimum Gasteiger partial charge on any atom is -0.495 e. The number of hydrogen-bond acceptors (Lipinski definition) is 7. The number of halogens is 1. The molecule has 11 heteroatoms. The first-order valence-electron chi connectivity index (χ1n) is 11.7. The van der Waals surface area contributed by atoms with Crippen LogP contribution in [-0.2, 0) is 4.79 Å². The van der Waals surface area contributed by atoms with Crippen LogP contribution in [0.3, 0.4) is 0 Å². The molecule has 0 aliphatic carbocycles. The summed E-state index contributed by atoms with van der Waals surface area (Å²) in [4.78, 5) is 54.3. The van der Waals surface area contributed by atoms with Gasteiger partial charge in [-0.2, -0.15) is 0 Å². The summed E-state index contributed by atoms with van der Waals surface area (Å²) in [6.45, 7) is 1.40. The fourth-order valence-corrected chi connectivity index (χ4v) is 4.16. The molecule has 1 aromatic heterocycles. The molecule has 202 valence electrons. The van der Waals surface area contributed by atoms with E-state index in [2.05, 4.69) is 10.3 Å². The Hall–Kier alpha value is -4.70. The van der Waals surface area contributed by atoms with E-state index < -0.39 is 23.5 Å². The molecule has 0 aliphatic heterocycles. The number of pyridine rings is 1. The first-order chi connectivity index (χ1) is 18.6. The van der Waals surface area contributed by atoms with E-state index in [1.54, 1.807) is 25.2 Å². The highest BCUT2D eigenvalue weighted by Gasteiger charge is 2.25. The molecular weight excluding hydrogens is 524 g/mol. The van der Waals surface area contributed by atoms with Gasteiger partial charge in [0.25, 0.3) is 5.56 Å². The molecule has 0 saturated heterocycles. The fraction of sp³-hybridized carbons (Fsp3) is 0.179. The number of aromatic carboxylic acids is 1. The Morgan fingerprint density at radius 3 is 2.41 bits per heavy atom. The van der Waals surface area contributed by atoms with Crippen LogP contribution in [0.15, 0.2) is 76.3 Å². The van der Waals surface area contributed by atoms with E-state index in [0.717, 1.165) is 0 Å². The number of ether oxygens (including phenoxy) is 1. The molecule has 0 saturated carbocycles. The Morgan fingerprint density at radius 1 is 1.15 bits per heavy atom. The Bertz CT molecular complexity index is 1530. The average Bonchev–Trinajstić information content (AvgIpc) is 2.91. The highest BCUT2D eigenvalue weighted by Crippen LogP contribution is 2.34. The third kappa shape index (κ3) is 6.79. The quantitative estimate of drug-likeness (QED) is 0.252. The molecule has 3 rings (SSSR count). The summed E-state index contributed by atoms with van der Waals surface area (Å²) in [6.07, 6.45) is 4.16. The highest BCUT2D eigenvalue weighted by molar-refractivity contribution is 6.31. The number of carboxylic acid groups (broad SMARTS) is 1. The molecule has 0 bridgehead atoms. The van der Waals surface area contributed by atoms with Gasteiger partial charge in [-0.05, 0) is 66.7 Å². The molecule has 3 aromatic rings. The first-order valence-corrected chi connectivity index (χ1v) is 12.1. The molecule has 10 nitrogen and oxygen atoms in total. The van der Waals surface area contributed by atoms with Crippen LogP contribution < -0.4 is 21.3 Å². The predicted octanol–water partition coefficient (Wildman–Crippen LogP) is 4.19. The van der Waals surface area contributed by atoms with E-state index in [1.165, 1.54) is 67.5 Å². The molecule has 0 fully saturated rings. The number of carbonyl (C=O) groups excluding carboxylic acids is 2. The molecular formula is C28H27ClN4O6. The zero-order chi connectivity index (χ0) is 28.7. The number of aromatic nitrogens is 1. The number of anilines is 1. The summed E-state index contributed by atoms with van der Waals surface area (Å²) >= 11 is 6.19. The number of rotatable bonds is 10. The van der Waals surface area contributed by atoms with Crippen molar-refractivity contribution in [3.63, 3.8) is 0 Å². The minimum absolute atomic E-state index is 0.00511. The van der Waals surface area contributed by atoms with Gasteiger partial charge >= 0.3 is 5.97 Å². The monoisotopic (exact) mass is 550 g/mol. The molecule has 1 heterocycles. The molecule has 0 radical (unpaired) electrons. The van der Waals surface area contributed by atoms with Crippen molar-refractivity contribution in [1.82, 2.24) is 4.57 Å². The van der Waals surface area contributed by atoms with Gasteiger partial charge in [0.15, 0.2) is 5.78 Å². The standard InChI is InChI=1S/C28H27ClN4O6/c1-16(34)21-9-6-19(29)11-22(21)23-12-26(35)33(15-25(23)39-3)24(10-17(13-30)14-31-2)27(36)32-20-7-4-18(5-8-20)28(37)38/h4-9,11-15,24H,10,30H2,1-3H3,(H,32,36)(H,37,38). The smallest absolute Gasteiger partial charge is 0.335 e. The molecule has 0 spiro atoms. The Morgan fingerprint density at radius 2 is 1.85 bits per heavy atom. The van der Waals surface area contributed by atoms with Crippen LogP contribution in [0.2, 0.25) is 5.02 Å². The fourth-order valence-electron chi connectivity index (χ4n) is 3.98. The number of nitrogens with zero attached hydrogens (tertiary/aromatic N) is 2. The van der Waals surface area contributed by atoms with Gasteiger partial charge < -0.3 is 20.9 Å². The summed E-state index contributed by atoms with van der Waals surface area (Å²) in [6, 6.07) is 10.5. The normalized spacial score (nSPS) is 12.3. The van der Waals surface area contributed by atoms with Crippen LogP contribution in [-0.4, -0.2) is 47.7 Å². The number of nitrogens with two attached hydrogens (primary N) is 1. The van der Waals surface area contributed by atoms with Crippen molar-refractivity contribution in [2.24, 2.45) is 10.7 Å². The van der Waals surface area contributed by atoms with Crippen molar-refractivity contribution < 1.29 is 24.2 Å². The molecule has 4 N–H and O–H groups in total.